The standard InChI is InChI=1S/C13H22O2/c1-7-10(2)13(15,12(4,5)6)9-8-11(3)14/h10,15H,7H2,1-6H3. The van der Waals surface area contributed by atoms with Crippen LogP contribution in [0, 0.1) is 23.2 Å². The summed E-state index contributed by atoms with van der Waals surface area (Å²) in [6.07, 6.45) is 0.834. The molecule has 1 N–H and O–H groups in total. The second-order valence-corrected chi connectivity index (χ2v) is 5.13. The average molecular weight is 210 g/mol. The number of hydrogen-bond donors (Lipinski definition) is 1. The normalized spacial score (nSPS) is 17.3. The lowest BCUT2D eigenvalue weighted by atomic mass is 9.69. The fraction of sp³-hybridized carbons (Fsp3) is 0.769. The molecule has 15 heavy (non-hydrogen) atoms. The zero-order valence-corrected chi connectivity index (χ0v) is 10.6. The molecule has 0 amide bonds. The first-order valence-corrected chi connectivity index (χ1v) is 5.41. The van der Waals surface area contributed by atoms with Crippen molar-refractivity contribution in [1.29, 1.82) is 0 Å². The van der Waals surface area contributed by atoms with Crippen LogP contribution < -0.4 is 0 Å². The highest BCUT2D eigenvalue weighted by atomic mass is 16.3. The van der Waals surface area contributed by atoms with E-state index in [4.69, 9.17) is 0 Å². The quantitative estimate of drug-likeness (QED) is 0.561. The molecular weight excluding hydrogens is 188 g/mol. The van der Waals surface area contributed by atoms with E-state index in [9.17, 15) is 9.90 Å². The van der Waals surface area contributed by atoms with Gasteiger partial charge in [-0.25, -0.2) is 0 Å². The lowest BCUT2D eigenvalue weighted by molar-refractivity contribution is -0.112. The zero-order chi connectivity index (χ0) is 12.3. The van der Waals surface area contributed by atoms with E-state index < -0.39 is 5.60 Å². The van der Waals surface area contributed by atoms with Gasteiger partial charge in [-0.1, -0.05) is 40.5 Å². The van der Waals surface area contributed by atoms with Crippen LogP contribution in [0.3, 0.4) is 0 Å². The van der Waals surface area contributed by atoms with E-state index in [1.807, 2.05) is 34.6 Å². The summed E-state index contributed by atoms with van der Waals surface area (Å²) in [4.78, 5) is 10.8. The molecule has 2 atom stereocenters. The molecular formula is C13H22O2. The molecule has 0 aromatic carbocycles. The molecule has 0 spiro atoms. The molecule has 0 radical (unpaired) electrons. The molecule has 2 unspecified atom stereocenters. The summed E-state index contributed by atoms with van der Waals surface area (Å²) in [7, 11) is 0. The van der Waals surface area contributed by atoms with E-state index in [0.717, 1.165) is 6.42 Å². The van der Waals surface area contributed by atoms with Gasteiger partial charge in [0.2, 0.25) is 5.78 Å². The minimum atomic E-state index is -1.10. The van der Waals surface area contributed by atoms with Crippen LogP contribution >= 0.6 is 0 Å². The number of carbonyl (C=O) groups excluding carboxylic acids is 1. The Balaban J connectivity index is 5.25. The van der Waals surface area contributed by atoms with Gasteiger partial charge in [0.05, 0.1) is 0 Å². The molecule has 0 heterocycles. The maximum Gasteiger partial charge on any atom is 0.202 e. The molecule has 2 heteroatoms. The highest BCUT2D eigenvalue weighted by Gasteiger charge is 2.42. The number of aliphatic hydroxyl groups is 1. The summed E-state index contributed by atoms with van der Waals surface area (Å²) in [6, 6.07) is 0. The van der Waals surface area contributed by atoms with E-state index in [0.29, 0.717) is 0 Å². The number of hydrogen-bond acceptors (Lipinski definition) is 2. The van der Waals surface area contributed by atoms with Crippen molar-refractivity contribution in [3.8, 4) is 11.8 Å². The molecule has 86 valence electrons. The molecule has 0 aliphatic rings. The number of Topliss-reactive ketones (excluding diaryl/α,β-unsaturated/α-hetero) is 1. The number of carbonyl (C=O) groups is 1. The number of ketones is 1. The van der Waals surface area contributed by atoms with Crippen molar-refractivity contribution in [3.63, 3.8) is 0 Å². The Morgan fingerprint density at radius 1 is 1.40 bits per heavy atom. The molecule has 2 nitrogen and oxygen atoms in total. The van der Waals surface area contributed by atoms with Crippen LogP contribution in [0.25, 0.3) is 0 Å². The smallest absolute Gasteiger partial charge is 0.202 e. The number of rotatable bonds is 2. The third-order valence-corrected chi connectivity index (χ3v) is 2.90. The molecule has 0 aliphatic carbocycles. The fourth-order valence-corrected chi connectivity index (χ4v) is 1.53. The molecule has 0 aromatic rings. The predicted octanol–water partition coefficient (Wildman–Crippen LogP) is 2.40. The van der Waals surface area contributed by atoms with Gasteiger partial charge in [0.25, 0.3) is 0 Å². The van der Waals surface area contributed by atoms with Gasteiger partial charge in [-0.2, -0.15) is 0 Å². The van der Waals surface area contributed by atoms with Gasteiger partial charge in [-0.05, 0) is 18.3 Å². The third kappa shape index (κ3) is 3.35. The Bertz CT molecular complexity index is 288. The molecule has 0 aromatic heterocycles. The lowest BCUT2D eigenvalue weighted by Gasteiger charge is -2.40. The molecule has 0 fully saturated rings. The second-order valence-electron chi connectivity index (χ2n) is 5.13. The van der Waals surface area contributed by atoms with E-state index in [2.05, 4.69) is 11.8 Å². The van der Waals surface area contributed by atoms with Crippen LogP contribution in [-0.2, 0) is 4.79 Å². The summed E-state index contributed by atoms with van der Waals surface area (Å²) in [6.45, 7) is 11.2. The monoisotopic (exact) mass is 210 g/mol. The minimum absolute atomic E-state index is 0.0457. The first-order valence-electron chi connectivity index (χ1n) is 5.41. The summed E-state index contributed by atoms with van der Waals surface area (Å²) in [5.41, 5.74) is -1.46. The minimum Gasteiger partial charge on any atom is -0.377 e. The SMILES string of the molecule is CCC(C)C(O)(C#CC(C)=O)C(C)(C)C. The van der Waals surface area contributed by atoms with Gasteiger partial charge in [-0.15, -0.1) is 0 Å². The maximum absolute atomic E-state index is 10.8. The van der Waals surface area contributed by atoms with E-state index in [1.54, 1.807) is 0 Å². The predicted molar refractivity (Wildman–Crippen MR) is 62.3 cm³/mol. The van der Waals surface area contributed by atoms with Crippen LogP contribution in [0.4, 0.5) is 0 Å². The van der Waals surface area contributed by atoms with Crippen molar-refractivity contribution in [2.24, 2.45) is 11.3 Å². The van der Waals surface area contributed by atoms with Crippen LogP contribution in [-0.4, -0.2) is 16.5 Å². The van der Waals surface area contributed by atoms with Crippen LogP contribution in [0.1, 0.15) is 48.0 Å². The Morgan fingerprint density at radius 3 is 2.13 bits per heavy atom. The Kier molecular flexibility index (Phi) is 4.55. The summed E-state index contributed by atoms with van der Waals surface area (Å²) >= 11 is 0. The molecule has 0 aliphatic heterocycles. The fourth-order valence-electron chi connectivity index (χ4n) is 1.53. The van der Waals surface area contributed by atoms with Crippen molar-refractivity contribution >= 4 is 5.78 Å². The van der Waals surface area contributed by atoms with Gasteiger partial charge in [0, 0.05) is 12.3 Å². The molecule has 0 bridgehead atoms. The van der Waals surface area contributed by atoms with Gasteiger partial charge in [-0.3, -0.25) is 4.79 Å². The summed E-state index contributed by atoms with van der Waals surface area (Å²) < 4.78 is 0. The van der Waals surface area contributed by atoms with Crippen LogP contribution in [0.5, 0.6) is 0 Å². The summed E-state index contributed by atoms with van der Waals surface area (Å²) in [5.74, 6) is 5.05. The highest BCUT2D eigenvalue weighted by Crippen LogP contribution is 2.37. The van der Waals surface area contributed by atoms with Crippen LogP contribution in [0.2, 0.25) is 0 Å². The Morgan fingerprint density at radius 2 is 1.87 bits per heavy atom. The molecule has 0 saturated carbocycles. The molecule has 0 rings (SSSR count). The first-order chi connectivity index (χ1) is 6.65. The van der Waals surface area contributed by atoms with Crippen molar-refractivity contribution in [2.75, 3.05) is 0 Å². The third-order valence-electron chi connectivity index (χ3n) is 2.90. The van der Waals surface area contributed by atoms with Gasteiger partial charge >= 0.3 is 0 Å². The first kappa shape index (κ1) is 14.2. The molecule has 0 saturated heterocycles. The van der Waals surface area contributed by atoms with Gasteiger partial charge < -0.3 is 5.11 Å². The van der Waals surface area contributed by atoms with E-state index in [-0.39, 0.29) is 17.1 Å². The van der Waals surface area contributed by atoms with Crippen molar-refractivity contribution in [1.82, 2.24) is 0 Å². The second kappa shape index (κ2) is 4.81. The van der Waals surface area contributed by atoms with E-state index >= 15 is 0 Å². The van der Waals surface area contributed by atoms with Crippen molar-refractivity contribution in [3.05, 3.63) is 0 Å². The van der Waals surface area contributed by atoms with E-state index in [1.165, 1.54) is 6.92 Å². The average Bonchev–Trinajstić information content (AvgIpc) is 2.10. The van der Waals surface area contributed by atoms with Crippen molar-refractivity contribution in [2.45, 2.75) is 53.6 Å². The zero-order valence-electron chi connectivity index (χ0n) is 10.6. The van der Waals surface area contributed by atoms with Gasteiger partial charge in [0.15, 0.2) is 0 Å². The topological polar surface area (TPSA) is 37.3 Å². The van der Waals surface area contributed by atoms with Crippen LogP contribution in [0.15, 0.2) is 0 Å². The maximum atomic E-state index is 10.8. The van der Waals surface area contributed by atoms with Gasteiger partial charge in [0.1, 0.15) is 5.60 Å². The highest BCUT2D eigenvalue weighted by molar-refractivity contribution is 5.93. The Hall–Kier alpha value is -0.810. The summed E-state index contributed by atoms with van der Waals surface area (Å²) in [5, 5.41) is 10.5. The lowest BCUT2D eigenvalue weighted by Crippen LogP contribution is -2.47. The largest absolute Gasteiger partial charge is 0.377 e. The Labute approximate surface area is 93.1 Å². The van der Waals surface area contributed by atoms with Crippen molar-refractivity contribution < 1.29 is 9.90 Å².